The number of amides is 2. The summed E-state index contributed by atoms with van der Waals surface area (Å²) < 4.78 is 1.60. The number of nitrogens with one attached hydrogen (secondary N) is 2. The van der Waals surface area contributed by atoms with Crippen molar-refractivity contribution in [3.05, 3.63) is 47.7 Å². The summed E-state index contributed by atoms with van der Waals surface area (Å²) in [5.41, 5.74) is 1.89. The lowest BCUT2D eigenvalue weighted by Gasteiger charge is -2.17. The van der Waals surface area contributed by atoms with E-state index in [9.17, 15) is 9.90 Å². The highest BCUT2D eigenvalue weighted by molar-refractivity contribution is 5.88. The normalized spacial score (nSPS) is 12.0. The lowest BCUT2D eigenvalue weighted by molar-refractivity contribution is 0.224. The van der Waals surface area contributed by atoms with E-state index in [0.717, 1.165) is 11.3 Å². The van der Waals surface area contributed by atoms with Gasteiger partial charge >= 0.3 is 6.03 Å². The Bertz CT molecular complexity index is 595. The Labute approximate surface area is 123 Å². The Morgan fingerprint density at radius 2 is 2.10 bits per heavy atom. The number of urea groups is 1. The topological polar surface area (TPSA) is 79.2 Å². The quantitative estimate of drug-likeness (QED) is 0.779. The third kappa shape index (κ3) is 4.32. The van der Waals surface area contributed by atoms with Gasteiger partial charge in [-0.1, -0.05) is 30.3 Å². The first kappa shape index (κ1) is 15.1. The second-order valence-electron chi connectivity index (χ2n) is 4.96. The maximum absolute atomic E-state index is 12.0. The van der Waals surface area contributed by atoms with Crippen LogP contribution in [0.2, 0.25) is 0 Å². The Kier molecular flexibility index (Phi) is 4.94. The summed E-state index contributed by atoms with van der Waals surface area (Å²) in [5, 5.41) is 19.0. The van der Waals surface area contributed by atoms with Crippen molar-refractivity contribution in [2.24, 2.45) is 7.05 Å². The van der Waals surface area contributed by atoms with Crippen molar-refractivity contribution in [2.75, 3.05) is 11.9 Å². The van der Waals surface area contributed by atoms with Crippen LogP contribution in [0.15, 0.2) is 36.4 Å². The van der Waals surface area contributed by atoms with Crippen molar-refractivity contribution < 1.29 is 9.90 Å². The lowest BCUT2D eigenvalue weighted by atomic mass is 10.1. The number of benzene rings is 1. The van der Waals surface area contributed by atoms with Gasteiger partial charge in [0.2, 0.25) is 0 Å². The maximum Gasteiger partial charge on any atom is 0.320 e. The number of aryl methyl sites for hydroxylation is 2. The third-order valence-electron chi connectivity index (χ3n) is 3.12. The van der Waals surface area contributed by atoms with Crippen molar-refractivity contribution in [3.63, 3.8) is 0 Å². The molecule has 6 heteroatoms. The van der Waals surface area contributed by atoms with E-state index in [4.69, 9.17) is 0 Å². The van der Waals surface area contributed by atoms with Crippen LogP contribution < -0.4 is 10.6 Å². The molecule has 0 bridgehead atoms. The molecule has 0 saturated heterocycles. The van der Waals surface area contributed by atoms with Crippen LogP contribution >= 0.6 is 0 Å². The minimum absolute atomic E-state index is 0.118. The van der Waals surface area contributed by atoms with E-state index in [1.807, 2.05) is 37.3 Å². The van der Waals surface area contributed by atoms with Gasteiger partial charge in [-0.15, -0.1) is 0 Å². The summed E-state index contributed by atoms with van der Waals surface area (Å²) in [4.78, 5) is 12.0. The highest BCUT2D eigenvalue weighted by Gasteiger charge is 2.13. The second-order valence-corrected chi connectivity index (χ2v) is 4.96. The van der Waals surface area contributed by atoms with Crippen molar-refractivity contribution in [1.82, 2.24) is 15.1 Å². The summed E-state index contributed by atoms with van der Waals surface area (Å²) in [6, 6.07) is 10.8. The fourth-order valence-electron chi connectivity index (χ4n) is 2.13. The molecule has 1 aromatic carbocycles. The lowest BCUT2D eigenvalue weighted by Crippen LogP contribution is -2.41. The number of aliphatic hydroxyl groups excluding tert-OH is 1. The predicted octanol–water partition coefficient (Wildman–Crippen LogP) is 1.45. The third-order valence-corrected chi connectivity index (χ3v) is 3.12. The molecule has 112 valence electrons. The van der Waals surface area contributed by atoms with Crippen LogP contribution in [-0.2, 0) is 13.5 Å². The number of hydrogen-bond donors (Lipinski definition) is 3. The molecule has 0 saturated carbocycles. The fourth-order valence-corrected chi connectivity index (χ4v) is 2.13. The molecule has 0 aliphatic rings. The molecule has 1 aromatic heterocycles. The first-order valence-corrected chi connectivity index (χ1v) is 6.81. The van der Waals surface area contributed by atoms with Crippen molar-refractivity contribution in [2.45, 2.75) is 19.4 Å². The number of carbonyl (C=O) groups excluding carboxylic acids is 1. The molecule has 2 rings (SSSR count). The number of aliphatic hydroxyl groups is 1. The van der Waals surface area contributed by atoms with E-state index in [1.165, 1.54) is 0 Å². The molecule has 3 N–H and O–H groups in total. The Morgan fingerprint density at radius 1 is 1.38 bits per heavy atom. The molecule has 2 aromatic rings. The van der Waals surface area contributed by atoms with Crippen molar-refractivity contribution in [3.8, 4) is 0 Å². The van der Waals surface area contributed by atoms with Gasteiger partial charge in [0, 0.05) is 13.1 Å². The molecular weight excluding hydrogens is 268 g/mol. The first-order valence-electron chi connectivity index (χ1n) is 6.81. The number of carbonyl (C=O) groups is 1. The monoisotopic (exact) mass is 288 g/mol. The number of aromatic nitrogens is 2. The average Bonchev–Trinajstić information content (AvgIpc) is 2.77. The molecule has 0 aliphatic heterocycles. The van der Waals surface area contributed by atoms with Gasteiger partial charge in [-0.05, 0) is 18.9 Å². The van der Waals surface area contributed by atoms with Crippen LogP contribution in [0, 0.1) is 6.92 Å². The minimum atomic E-state index is -0.354. The Hall–Kier alpha value is -2.34. The van der Waals surface area contributed by atoms with E-state index >= 15 is 0 Å². The molecular formula is C15H20N4O2. The largest absolute Gasteiger partial charge is 0.394 e. The minimum Gasteiger partial charge on any atom is -0.394 e. The molecule has 1 unspecified atom stereocenters. The summed E-state index contributed by atoms with van der Waals surface area (Å²) >= 11 is 0. The van der Waals surface area contributed by atoms with E-state index in [0.29, 0.717) is 12.2 Å². The number of hydrogen-bond acceptors (Lipinski definition) is 3. The van der Waals surface area contributed by atoms with Gasteiger partial charge in [0.25, 0.3) is 0 Å². The molecule has 1 atom stereocenters. The summed E-state index contributed by atoms with van der Waals surface area (Å²) in [7, 11) is 1.76. The molecule has 0 radical (unpaired) electrons. The van der Waals surface area contributed by atoms with Crippen LogP contribution in [0.1, 0.15) is 11.3 Å². The number of anilines is 1. The van der Waals surface area contributed by atoms with Gasteiger partial charge < -0.3 is 10.4 Å². The van der Waals surface area contributed by atoms with Crippen LogP contribution in [0.4, 0.5) is 10.6 Å². The van der Waals surface area contributed by atoms with Gasteiger partial charge in [-0.3, -0.25) is 10.00 Å². The second kappa shape index (κ2) is 6.90. The van der Waals surface area contributed by atoms with E-state index in [1.54, 1.807) is 17.8 Å². The van der Waals surface area contributed by atoms with Crippen molar-refractivity contribution >= 4 is 11.8 Å². The average molecular weight is 288 g/mol. The van der Waals surface area contributed by atoms with E-state index < -0.39 is 0 Å². The Balaban J connectivity index is 1.92. The molecule has 21 heavy (non-hydrogen) atoms. The van der Waals surface area contributed by atoms with Gasteiger partial charge in [-0.25, -0.2) is 4.79 Å². The maximum atomic E-state index is 12.0. The number of nitrogens with zero attached hydrogens (tertiary/aromatic N) is 2. The fraction of sp³-hybridized carbons (Fsp3) is 0.333. The standard InChI is InChI=1S/C15H20N4O2/c1-11-8-14(19(2)18-11)17-15(21)16-13(10-20)9-12-6-4-3-5-7-12/h3-8,13,20H,9-10H2,1-2H3,(H2,16,17,21). The zero-order valence-electron chi connectivity index (χ0n) is 12.2. The molecule has 0 spiro atoms. The highest BCUT2D eigenvalue weighted by atomic mass is 16.3. The molecule has 0 aliphatic carbocycles. The molecule has 6 nitrogen and oxygen atoms in total. The van der Waals surface area contributed by atoms with Gasteiger partial charge in [0.05, 0.1) is 18.3 Å². The van der Waals surface area contributed by atoms with Crippen molar-refractivity contribution in [1.29, 1.82) is 0 Å². The van der Waals surface area contributed by atoms with E-state index in [2.05, 4.69) is 15.7 Å². The smallest absolute Gasteiger partial charge is 0.320 e. The SMILES string of the molecule is Cc1cc(NC(=O)NC(CO)Cc2ccccc2)n(C)n1. The number of rotatable bonds is 5. The molecule has 1 heterocycles. The van der Waals surface area contributed by atoms with Crippen LogP contribution in [0.25, 0.3) is 0 Å². The van der Waals surface area contributed by atoms with Gasteiger partial charge in [-0.2, -0.15) is 5.10 Å². The summed E-state index contributed by atoms with van der Waals surface area (Å²) in [6.07, 6.45) is 0.579. The first-order chi connectivity index (χ1) is 10.1. The zero-order chi connectivity index (χ0) is 15.2. The Morgan fingerprint density at radius 3 is 2.67 bits per heavy atom. The highest BCUT2D eigenvalue weighted by Crippen LogP contribution is 2.08. The van der Waals surface area contributed by atoms with E-state index in [-0.39, 0.29) is 18.7 Å². The molecule has 0 fully saturated rings. The van der Waals surface area contributed by atoms with Crippen LogP contribution in [-0.4, -0.2) is 33.6 Å². The predicted molar refractivity (Wildman–Crippen MR) is 81.1 cm³/mol. The zero-order valence-corrected chi connectivity index (χ0v) is 12.2. The molecule has 2 amide bonds. The van der Waals surface area contributed by atoms with Crippen LogP contribution in [0.5, 0.6) is 0 Å². The van der Waals surface area contributed by atoms with Crippen LogP contribution in [0.3, 0.4) is 0 Å². The summed E-state index contributed by atoms with van der Waals surface area (Å²) in [6.45, 7) is 1.74. The van der Waals surface area contributed by atoms with Gasteiger partial charge in [0.1, 0.15) is 5.82 Å². The summed E-state index contributed by atoms with van der Waals surface area (Å²) in [5.74, 6) is 0.612. The van der Waals surface area contributed by atoms with Gasteiger partial charge in [0.15, 0.2) is 0 Å².